The molecule has 0 spiro atoms. The first-order chi connectivity index (χ1) is 7.24. The van der Waals surface area contributed by atoms with Crippen LogP contribution in [-0.2, 0) is 0 Å². The fourth-order valence-electron chi connectivity index (χ4n) is 3.94. The molecule has 1 saturated carbocycles. The molecule has 0 amide bonds. The van der Waals surface area contributed by atoms with E-state index in [-0.39, 0.29) is 0 Å². The van der Waals surface area contributed by atoms with Crippen LogP contribution in [0.2, 0.25) is 0 Å². The van der Waals surface area contributed by atoms with Crippen LogP contribution in [0.4, 0.5) is 0 Å². The van der Waals surface area contributed by atoms with E-state index in [1.807, 2.05) is 4.90 Å². The van der Waals surface area contributed by atoms with E-state index in [4.69, 9.17) is 0 Å². The molecule has 1 aliphatic heterocycles. The molecule has 1 saturated heterocycles. The molecule has 2 unspecified atom stereocenters. The maximum Gasteiger partial charge on any atom is 0.0799 e. The lowest BCUT2D eigenvalue weighted by molar-refractivity contribution is -0.908. The van der Waals surface area contributed by atoms with Gasteiger partial charge in [0.15, 0.2) is 0 Å². The molecule has 88 valence electrons. The number of likely N-dealkylation sites (tertiary alicyclic amines) is 1. The molecule has 15 heavy (non-hydrogen) atoms. The number of hydrogen-bond acceptors (Lipinski definition) is 0. The van der Waals surface area contributed by atoms with Crippen LogP contribution in [0.1, 0.15) is 52.4 Å². The molecule has 0 radical (unpaired) electrons. The van der Waals surface area contributed by atoms with Crippen molar-refractivity contribution >= 4 is 0 Å². The highest BCUT2D eigenvalue weighted by Gasteiger charge is 2.27. The predicted molar refractivity (Wildman–Crippen MR) is 65.1 cm³/mol. The van der Waals surface area contributed by atoms with Crippen LogP contribution in [0.5, 0.6) is 0 Å². The standard InChI is InChI=1S/C14H27N/c1-12-8-13(2)10-14(9-12)11-15-6-4-3-5-7-15/h12-14H,3-11H2,1-2H3/p+1. The van der Waals surface area contributed by atoms with Gasteiger partial charge >= 0.3 is 0 Å². The van der Waals surface area contributed by atoms with Gasteiger partial charge in [0.05, 0.1) is 19.6 Å². The molecule has 1 heterocycles. The first-order valence-corrected chi connectivity index (χ1v) is 7.07. The van der Waals surface area contributed by atoms with Gasteiger partial charge in [-0.3, -0.25) is 0 Å². The van der Waals surface area contributed by atoms with E-state index in [9.17, 15) is 0 Å². The lowest BCUT2D eigenvalue weighted by atomic mass is 9.76. The molecule has 0 aromatic heterocycles. The van der Waals surface area contributed by atoms with Crippen LogP contribution >= 0.6 is 0 Å². The summed E-state index contributed by atoms with van der Waals surface area (Å²) < 4.78 is 0. The van der Waals surface area contributed by atoms with E-state index in [0.717, 1.165) is 17.8 Å². The Morgan fingerprint density at radius 2 is 1.47 bits per heavy atom. The normalized spacial score (nSPS) is 39.2. The highest BCUT2D eigenvalue weighted by Crippen LogP contribution is 2.31. The van der Waals surface area contributed by atoms with Crippen LogP contribution in [0.25, 0.3) is 0 Å². The van der Waals surface area contributed by atoms with Gasteiger partial charge in [-0.2, -0.15) is 0 Å². The van der Waals surface area contributed by atoms with Gasteiger partial charge in [-0.15, -0.1) is 0 Å². The number of rotatable bonds is 2. The highest BCUT2D eigenvalue weighted by atomic mass is 15.1. The van der Waals surface area contributed by atoms with Crippen molar-refractivity contribution in [2.24, 2.45) is 17.8 Å². The van der Waals surface area contributed by atoms with Crippen molar-refractivity contribution in [2.45, 2.75) is 52.4 Å². The summed E-state index contributed by atoms with van der Waals surface area (Å²) in [5, 5.41) is 0. The van der Waals surface area contributed by atoms with Crippen molar-refractivity contribution in [3.05, 3.63) is 0 Å². The smallest absolute Gasteiger partial charge is 0.0799 e. The molecule has 2 aliphatic rings. The van der Waals surface area contributed by atoms with Gasteiger partial charge in [-0.25, -0.2) is 0 Å². The van der Waals surface area contributed by atoms with Crippen LogP contribution in [0.15, 0.2) is 0 Å². The van der Waals surface area contributed by atoms with Crippen molar-refractivity contribution < 1.29 is 4.90 Å². The maximum atomic E-state index is 2.45. The minimum absolute atomic E-state index is 0.989. The summed E-state index contributed by atoms with van der Waals surface area (Å²) >= 11 is 0. The molecule has 0 aromatic carbocycles. The average Bonchev–Trinajstić information content (AvgIpc) is 2.17. The molecule has 1 heteroatoms. The first-order valence-electron chi connectivity index (χ1n) is 7.07. The fourth-order valence-corrected chi connectivity index (χ4v) is 3.94. The summed E-state index contributed by atoms with van der Waals surface area (Å²) in [6, 6.07) is 0. The zero-order valence-corrected chi connectivity index (χ0v) is 10.6. The Morgan fingerprint density at radius 1 is 0.867 bits per heavy atom. The third kappa shape index (κ3) is 3.48. The average molecular weight is 210 g/mol. The largest absolute Gasteiger partial charge is 0.335 e. The third-order valence-corrected chi connectivity index (χ3v) is 4.41. The molecule has 1 aliphatic carbocycles. The molecule has 2 rings (SSSR count). The molecule has 1 N–H and O–H groups in total. The lowest BCUT2D eigenvalue weighted by Gasteiger charge is -2.34. The van der Waals surface area contributed by atoms with Crippen LogP contribution in [0, 0.1) is 17.8 Å². The van der Waals surface area contributed by atoms with E-state index in [2.05, 4.69) is 13.8 Å². The Labute approximate surface area is 95.2 Å². The van der Waals surface area contributed by atoms with Gasteiger partial charge in [0.2, 0.25) is 0 Å². The van der Waals surface area contributed by atoms with E-state index < -0.39 is 0 Å². The maximum absolute atomic E-state index is 2.45. The van der Waals surface area contributed by atoms with E-state index >= 15 is 0 Å². The summed E-state index contributed by atoms with van der Waals surface area (Å²) in [6.45, 7) is 9.30. The van der Waals surface area contributed by atoms with Crippen molar-refractivity contribution in [1.82, 2.24) is 0 Å². The van der Waals surface area contributed by atoms with Gasteiger partial charge < -0.3 is 4.90 Å². The van der Waals surface area contributed by atoms with Gasteiger partial charge in [0.25, 0.3) is 0 Å². The Kier molecular flexibility index (Phi) is 4.07. The minimum atomic E-state index is 0.989. The number of hydrogen-bond donors (Lipinski definition) is 1. The van der Waals surface area contributed by atoms with Crippen molar-refractivity contribution in [3.63, 3.8) is 0 Å². The highest BCUT2D eigenvalue weighted by molar-refractivity contribution is 4.74. The Morgan fingerprint density at radius 3 is 2.07 bits per heavy atom. The summed E-state index contributed by atoms with van der Waals surface area (Å²) in [7, 11) is 0. The monoisotopic (exact) mass is 210 g/mol. The number of nitrogens with one attached hydrogen (secondary N) is 1. The second-order valence-corrected chi connectivity index (χ2v) is 6.30. The van der Waals surface area contributed by atoms with Gasteiger partial charge in [-0.05, 0) is 50.4 Å². The fraction of sp³-hybridized carbons (Fsp3) is 1.00. The minimum Gasteiger partial charge on any atom is -0.335 e. The van der Waals surface area contributed by atoms with Crippen LogP contribution in [0.3, 0.4) is 0 Å². The summed E-state index contributed by atoms with van der Waals surface area (Å²) in [4.78, 5) is 1.91. The van der Waals surface area contributed by atoms with Crippen LogP contribution in [-0.4, -0.2) is 19.6 Å². The zero-order valence-electron chi connectivity index (χ0n) is 10.6. The SMILES string of the molecule is CC1CC(C)CC(C[NH+]2CCCCC2)C1. The Bertz CT molecular complexity index is 174. The molecule has 0 bridgehead atoms. The van der Waals surface area contributed by atoms with Crippen molar-refractivity contribution in [1.29, 1.82) is 0 Å². The van der Waals surface area contributed by atoms with Crippen molar-refractivity contribution in [2.75, 3.05) is 19.6 Å². The third-order valence-electron chi connectivity index (χ3n) is 4.41. The molecule has 0 aromatic rings. The first kappa shape index (κ1) is 11.4. The van der Waals surface area contributed by atoms with E-state index in [1.54, 1.807) is 0 Å². The Hall–Kier alpha value is -0.0400. The summed E-state index contributed by atoms with van der Waals surface area (Å²) in [5.74, 6) is 3.02. The Balaban J connectivity index is 1.77. The molecular formula is C14H28N+. The van der Waals surface area contributed by atoms with Gasteiger partial charge in [0, 0.05) is 5.92 Å². The molecule has 2 atom stereocenters. The zero-order chi connectivity index (χ0) is 10.7. The van der Waals surface area contributed by atoms with Crippen molar-refractivity contribution in [3.8, 4) is 0 Å². The van der Waals surface area contributed by atoms with Crippen LogP contribution < -0.4 is 4.90 Å². The van der Waals surface area contributed by atoms with E-state index in [1.165, 1.54) is 58.2 Å². The van der Waals surface area contributed by atoms with Gasteiger partial charge in [-0.1, -0.05) is 13.8 Å². The lowest BCUT2D eigenvalue weighted by Crippen LogP contribution is -3.13. The number of piperidine rings is 1. The topological polar surface area (TPSA) is 4.44 Å². The molecule has 2 fully saturated rings. The second kappa shape index (κ2) is 5.34. The molecular weight excluding hydrogens is 182 g/mol. The predicted octanol–water partition coefficient (Wildman–Crippen LogP) is 2.13. The van der Waals surface area contributed by atoms with Gasteiger partial charge in [0.1, 0.15) is 0 Å². The summed E-state index contributed by atoms with van der Waals surface area (Å²) in [5.41, 5.74) is 0. The second-order valence-electron chi connectivity index (χ2n) is 6.30. The molecule has 1 nitrogen and oxygen atoms in total. The number of quaternary nitrogens is 1. The van der Waals surface area contributed by atoms with E-state index in [0.29, 0.717) is 0 Å². The summed E-state index contributed by atoms with van der Waals surface area (Å²) in [6.07, 6.45) is 8.94. The quantitative estimate of drug-likeness (QED) is 0.712.